The quantitative estimate of drug-likeness (QED) is 0.829. The second kappa shape index (κ2) is 7.63. The third-order valence-corrected chi connectivity index (χ3v) is 5.19. The summed E-state index contributed by atoms with van der Waals surface area (Å²) in [6, 6.07) is 4.36. The van der Waals surface area contributed by atoms with Crippen LogP contribution >= 0.6 is 11.6 Å². The Morgan fingerprint density at radius 1 is 1.13 bits per heavy atom. The molecule has 1 aromatic carbocycles. The van der Waals surface area contributed by atoms with Gasteiger partial charge in [-0.15, -0.1) is 0 Å². The Hall–Kier alpha value is -1.13. The van der Waals surface area contributed by atoms with Crippen molar-refractivity contribution in [2.75, 3.05) is 26.2 Å². The highest BCUT2D eigenvalue weighted by atomic mass is 35.5. The van der Waals surface area contributed by atoms with Crippen LogP contribution in [0.2, 0.25) is 5.02 Å². The molecule has 2 heterocycles. The van der Waals surface area contributed by atoms with Crippen LogP contribution < -0.4 is 0 Å². The molecule has 0 aliphatic carbocycles. The largest absolute Gasteiger partial charge is 0.336 e. The van der Waals surface area contributed by atoms with E-state index in [1.54, 1.807) is 6.07 Å². The maximum atomic E-state index is 13.5. The molecule has 126 valence electrons. The molecule has 1 amide bonds. The second-order valence-electron chi connectivity index (χ2n) is 6.64. The normalized spacial score (nSPS) is 22.5. The maximum Gasteiger partial charge on any atom is 0.254 e. The van der Waals surface area contributed by atoms with E-state index in [0.717, 1.165) is 32.4 Å². The molecule has 0 unspecified atom stereocenters. The van der Waals surface area contributed by atoms with Gasteiger partial charge in [0.1, 0.15) is 5.82 Å². The first-order valence-electron chi connectivity index (χ1n) is 8.63. The predicted molar refractivity (Wildman–Crippen MR) is 90.4 cm³/mol. The van der Waals surface area contributed by atoms with Gasteiger partial charge in [0.2, 0.25) is 0 Å². The molecule has 0 bridgehead atoms. The molecule has 0 saturated carbocycles. The summed E-state index contributed by atoms with van der Waals surface area (Å²) in [6.07, 6.45) is 6.81. The van der Waals surface area contributed by atoms with Gasteiger partial charge >= 0.3 is 0 Å². The van der Waals surface area contributed by atoms with Gasteiger partial charge in [-0.25, -0.2) is 4.39 Å². The van der Waals surface area contributed by atoms with Crippen LogP contribution in [0.5, 0.6) is 0 Å². The number of amides is 1. The Morgan fingerprint density at radius 3 is 2.61 bits per heavy atom. The molecule has 3 nitrogen and oxygen atoms in total. The Balaban J connectivity index is 1.68. The lowest BCUT2D eigenvalue weighted by Gasteiger charge is -2.36. The monoisotopic (exact) mass is 338 g/mol. The number of halogens is 2. The van der Waals surface area contributed by atoms with Crippen molar-refractivity contribution in [1.29, 1.82) is 0 Å². The van der Waals surface area contributed by atoms with Crippen LogP contribution in [0, 0.1) is 5.82 Å². The minimum atomic E-state index is -0.452. The van der Waals surface area contributed by atoms with E-state index in [-0.39, 0.29) is 17.0 Å². The van der Waals surface area contributed by atoms with Gasteiger partial charge in [0.25, 0.3) is 5.91 Å². The molecule has 1 aromatic rings. The first-order chi connectivity index (χ1) is 11.1. The van der Waals surface area contributed by atoms with E-state index in [4.69, 9.17) is 11.6 Å². The lowest BCUT2D eigenvalue weighted by Crippen LogP contribution is -2.45. The number of hydrogen-bond donors (Lipinski definition) is 0. The van der Waals surface area contributed by atoms with Crippen molar-refractivity contribution in [3.8, 4) is 0 Å². The van der Waals surface area contributed by atoms with Crippen LogP contribution in [0.3, 0.4) is 0 Å². The lowest BCUT2D eigenvalue weighted by molar-refractivity contribution is 0.0587. The number of hydrogen-bond acceptors (Lipinski definition) is 2. The molecule has 0 aromatic heterocycles. The summed E-state index contributed by atoms with van der Waals surface area (Å²) in [7, 11) is 0. The van der Waals surface area contributed by atoms with Crippen molar-refractivity contribution in [2.45, 2.75) is 44.6 Å². The molecule has 3 rings (SSSR count). The average molecular weight is 339 g/mol. The zero-order valence-corrected chi connectivity index (χ0v) is 14.2. The predicted octanol–water partition coefficient (Wildman–Crippen LogP) is 3.96. The van der Waals surface area contributed by atoms with E-state index in [9.17, 15) is 9.18 Å². The lowest BCUT2D eigenvalue weighted by atomic mass is 9.98. The first-order valence-corrected chi connectivity index (χ1v) is 9.01. The van der Waals surface area contributed by atoms with Gasteiger partial charge in [-0.2, -0.15) is 0 Å². The Labute approximate surface area is 142 Å². The molecule has 2 saturated heterocycles. The number of piperidine rings is 1. The topological polar surface area (TPSA) is 23.6 Å². The summed E-state index contributed by atoms with van der Waals surface area (Å²) in [6.45, 7) is 4.18. The number of likely N-dealkylation sites (tertiary alicyclic amines) is 2. The summed E-state index contributed by atoms with van der Waals surface area (Å²) in [5, 5.41) is 0.277. The van der Waals surface area contributed by atoms with Crippen LogP contribution in [0.4, 0.5) is 4.39 Å². The molecule has 0 radical (unpaired) electrons. The maximum absolute atomic E-state index is 13.5. The summed E-state index contributed by atoms with van der Waals surface area (Å²) >= 11 is 5.90. The minimum absolute atomic E-state index is 0.0856. The van der Waals surface area contributed by atoms with Gasteiger partial charge in [-0.1, -0.05) is 11.6 Å². The third kappa shape index (κ3) is 4.24. The van der Waals surface area contributed by atoms with E-state index >= 15 is 0 Å². The highest BCUT2D eigenvalue weighted by Gasteiger charge is 2.28. The van der Waals surface area contributed by atoms with E-state index in [0.29, 0.717) is 5.56 Å². The molecule has 0 N–H and O–H groups in total. The SMILES string of the molecule is O=C(c1cc(F)cc(Cl)c1)N1CCCC[C@@H]1CCN1CCCC1. The van der Waals surface area contributed by atoms with E-state index in [1.165, 1.54) is 44.5 Å². The Morgan fingerprint density at radius 2 is 1.87 bits per heavy atom. The van der Waals surface area contributed by atoms with Crippen molar-refractivity contribution in [3.05, 3.63) is 34.6 Å². The van der Waals surface area contributed by atoms with Crippen molar-refractivity contribution >= 4 is 17.5 Å². The van der Waals surface area contributed by atoms with Gasteiger partial charge in [-0.05, 0) is 69.8 Å². The van der Waals surface area contributed by atoms with E-state index in [2.05, 4.69) is 4.90 Å². The van der Waals surface area contributed by atoms with Gasteiger partial charge in [0.15, 0.2) is 0 Å². The average Bonchev–Trinajstić information content (AvgIpc) is 3.05. The van der Waals surface area contributed by atoms with Crippen molar-refractivity contribution in [3.63, 3.8) is 0 Å². The molecule has 0 spiro atoms. The molecule has 23 heavy (non-hydrogen) atoms. The smallest absolute Gasteiger partial charge is 0.254 e. The fourth-order valence-electron chi connectivity index (χ4n) is 3.75. The van der Waals surface area contributed by atoms with Crippen molar-refractivity contribution < 1.29 is 9.18 Å². The molecular weight excluding hydrogens is 315 g/mol. The van der Waals surface area contributed by atoms with Gasteiger partial charge in [0, 0.05) is 29.7 Å². The molecule has 2 fully saturated rings. The molecule has 2 aliphatic rings. The van der Waals surface area contributed by atoms with Crippen LogP contribution in [-0.2, 0) is 0 Å². The van der Waals surface area contributed by atoms with Gasteiger partial charge in [-0.3, -0.25) is 4.79 Å². The highest BCUT2D eigenvalue weighted by Crippen LogP contribution is 2.24. The summed E-state index contributed by atoms with van der Waals surface area (Å²) in [4.78, 5) is 17.2. The fraction of sp³-hybridized carbons (Fsp3) is 0.611. The van der Waals surface area contributed by atoms with Crippen LogP contribution in [0.1, 0.15) is 48.9 Å². The Kier molecular flexibility index (Phi) is 5.54. The standard InChI is InChI=1S/C18H24ClFN2O/c19-15-11-14(12-16(20)13-15)18(23)22-9-2-1-5-17(22)6-10-21-7-3-4-8-21/h11-13,17H,1-10H2/t17-/m1/s1. The summed E-state index contributed by atoms with van der Waals surface area (Å²) in [5.41, 5.74) is 0.364. The highest BCUT2D eigenvalue weighted by molar-refractivity contribution is 6.31. The number of carbonyl (C=O) groups is 1. The summed E-state index contributed by atoms with van der Waals surface area (Å²) in [5.74, 6) is -0.538. The summed E-state index contributed by atoms with van der Waals surface area (Å²) < 4.78 is 13.5. The van der Waals surface area contributed by atoms with E-state index < -0.39 is 5.82 Å². The molecule has 5 heteroatoms. The molecule has 1 atom stereocenters. The van der Waals surface area contributed by atoms with Crippen LogP contribution in [0.25, 0.3) is 0 Å². The Bertz CT molecular complexity index is 540. The number of benzene rings is 1. The number of carbonyl (C=O) groups excluding carboxylic acids is 1. The first kappa shape index (κ1) is 16.7. The zero-order valence-electron chi connectivity index (χ0n) is 13.4. The number of nitrogens with zero attached hydrogens (tertiary/aromatic N) is 2. The molecular formula is C18H24ClFN2O. The van der Waals surface area contributed by atoms with Gasteiger partial charge < -0.3 is 9.80 Å². The second-order valence-corrected chi connectivity index (χ2v) is 7.08. The van der Waals surface area contributed by atoms with Gasteiger partial charge in [0.05, 0.1) is 0 Å². The van der Waals surface area contributed by atoms with Crippen molar-refractivity contribution in [1.82, 2.24) is 9.80 Å². The fourth-order valence-corrected chi connectivity index (χ4v) is 3.97. The number of rotatable bonds is 4. The minimum Gasteiger partial charge on any atom is -0.336 e. The zero-order chi connectivity index (χ0) is 16.2. The van der Waals surface area contributed by atoms with E-state index in [1.807, 2.05) is 4.90 Å². The van der Waals surface area contributed by atoms with Crippen LogP contribution in [0.15, 0.2) is 18.2 Å². The molecule has 2 aliphatic heterocycles. The van der Waals surface area contributed by atoms with Crippen LogP contribution in [-0.4, -0.2) is 47.9 Å². The van der Waals surface area contributed by atoms with Crippen molar-refractivity contribution in [2.24, 2.45) is 0 Å². The third-order valence-electron chi connectivity index (χ3n) is 4.97.